The van der Waals surface area contributed by atoms with E-state index in [0.29, 0.717) is 11.4 Å². The minimum Gasteiger partial charge on any atom is -0.283 e. The van der Waals surface area contributed by atoms with Crippen LogP contribution in [0.1, 0.15) is 12.1 Å². The summed E-state index contributed by atoms with van der Waals surface area (Å²) < 4.78 is 3.21. The number of carbonyl (C=O) groups is 2. The van der Waals surface area contributed by atoms with E-state index in [0.717, 1.165) is 6.42 Å². The molecule has 1 aromatic carbocycles. The summed E-state index contributed by atoms with van der Waals surface area (Å²) in [5, 5.41) is 0. The number of allylic oxidation sites excluding steroid dienone is 2. The molecule has 2 bridgehead atoms. The van der Waals surface area contributed by atoms with Gasteiger partial charge in [-0.05, 0) is 37.3 Å². The summed E-state index contributed by atoms with van der Waals surface area (Å²) in [4.78, 5) is 40.5. The lowest BCUT2D eigenvalue weighted by Gasteiger charge is -2.15. The number of benzene rings is 1. The van der Waals surface area contributed by atoms with Gasteiger partial charge in [0.25, 0.3) is 5.56 Å². The minimum absolute atomic E-state index is 0.131. The van der Waals surface area contributed by atoms with Crippen LogP contribution in [0.2, 0.25) is 0 Å². The van der Waals surface area contributed by atoms with E-state index >= 15 is 0 Å². The second-order valence-electron chi connectivity index (χ2n) is 7.42. The molecule has 3 aliphatic rings. The molecule has 132 valence electrons. The Morgan fingerprint density at radius 1 is 0.923 bits per heavy atom. The highest BCUT2D eigenvalue weighted by Crippen LogP contribution is 2.53. The molecule has 1 aliphatic heterocycles. The Bertz CT molecular complexity index is 1000. The number of amides is 2. The average Bonchev–Trinajstić information content (AvgIpc) is 3.36. The number of para-hydroxylation sites is 1. The number of aromatic nitrogens is 2. The molecule has 4 atom stereocenters. The molecule has 2 aromatic rings. The van der Waals surface area contributed by atoms with Crippen molar-refractivity contribution in [1.29, 1.82) is 0 Å². The number of rotatable bonds is 2. The third kappa shape index (κ3) is 1.74. The topological polar surface area (TPSA) is 64.3 Å². The summed E-state index contributed by atoms with van der Waals surface area (Å²) in [6.45, 7) is 1.78. The van der Waals surface area contributed by atoms with Gasteiger partial charge in [0.15, 0.2) is 0 Å². The molecule has 2 amide bonds. The molecule has 2 heterocycles. The predicted octanol–water partition coefficient (Wildman–Crippen LogP) is 1.80. The molecule has 0 spiro atoms. The number of nitrogens with zero attached hydrogens (tertiary/aromatic N) is 3. The lowest BCUT2D eigenvalue weighted by atomic mass is 9.85. The predicted molar refractivity (Wildman–Crippen MR) is 96.0 cm³/mol. The Morgan fingerprint density at radius 3 is 2.08 bits per heavy atom. The van der Waals surface area contributed by atoms with E-state index in [4.69, 9.17) is 0 Å². The molecule has 0 radical (unpaired) electrons. The van der Waals surface area contributed by atoms with Crippen LogP contribution in [0.3, 0.4) is 0 Å². The van der Waals surface area contributed by atoms with E-state index in [1.807, 2.05) is 30.3 Å². The molecule has 2 aliphatic carbocycles. The molecule has 6 nitrogen and oxygen atoms in total. The molecule has 0 N–H and O–H groups in total. The quantitative estimate of drug-likeness (QED) is 0.613. The summed E-state index contributed by atoms with van der Waals surface area (Å²) >= 11 is 0. The Kier molecular flexibility index (Phi) is 2.99. The van der Waals surface area contributed by atoms with Crippen LogP contribution in [-0.4, -0.2) is 21.2 Å². The molecule has 0 unspecified atom stereocenters. The van der Waals surface area contributed by atoms with Gasteiger partial charge in [-0.15, -0.1) is 0 Å². The summed E-state index contributed by atoms with van der Waals surface area (Å²) in [5.41, 5.74) is 1.18. The first-order valence-corrected chi connectivity index (χ1v) is 8.91. The molecule has 6 heteroatoms. The zero-order valence-corrected chi connectivity index (χ0v) is 14.6. The van der Waals surface area contributed by atoms with Crippen LogP contribution >= 0.6 is 0 Å². The molecular formula is C20H19N3O3. The number of anilines is 1. The van der Waals surface area contributed by atoms with Crippen molar-refractivity contribution in [3.05, 3.63) is 58.5 Å². The van der Waals surface area contributed by atoms with E-state index in [2.05, 4.69) is 12.2 Å². The Hall–Kier alpha value is -2.89. The number of fused-ring (bicyclic) bond motifs is 5. The highest BCUT2D eigenvalue weighted by Gasteiger charge is 2.60. The Labute approximate surface area is 150 Å². The van der Waals surface area contributed by atoms with Crippen molar-refractivity contribution in [3.63, 3.8) is 0 Å². The summed E-state index contributed by atoms with van der Waals surface area (Å²) in [7, 11) is 1.77. The second kappa shape index (κ2) is 5.06. The molecule has 2 fully saturated rings. The normalized spacial score (nSPS) is 29.1. The van der Waals surface area contributed by atoms with Crippen LogP contribution in [0.5, 0.6) is 0 Å². The van der Waals surface area contributed by atoms with Crippen LogP contribution in [0.25, 0.3) is 5.69 Å². The van der Waals surface area contributed by atoms with Crippen molar-refractivity contribution in [2.45, 2.75) is 13.3 Å². The number of carbonyl (C=O) groups excluding carboxylic acids is 2. The summed E-state index contributed by atoms with van der Waals surface area (Å²) in [6.07, 6.45) is 4.99. The van der Waals surface area contributed by atoms with Gasteiger partial charge in [0, 0.05) is 7.05 Å². The third-order valence-corrected chi connectivity index (χ3v) is 6.22. The Balaban J connectivity index is 1.66. The van der Waals surface area contributed by atoms with Gasteiger partial charge >= 0.3 is 0 Å². The van der Waals surface area contributed by atoms with Crippen LogP contribution in [-0.2, 0) is 16.6 Å². The molecule has 26 heavy (non-hydrogen) atoms. The largest absolute Gasteiger partial charge is 0.296 e. The fraction of sp³-hybridized carbons (Fsp3) is 0.350. The van der Waals surface area contributed by atoms with Crippen molar-refractivity contribution in [1.82, 2.24) is 9.36 Å². The highest BCUT2D eigenvalue weighted by atomic mass is 16.2. The van der Waals surface area contributed by atoms with Gasteiger partial charge in [-0.1, -0.05) is 30.4 Å². The maximum atomic E-state index is 13.2. The van der Waals surface area contributed by atoms with Gasteiger partial charge in [0.2, 0.25) is 11.8 Å². The minimum atomic E-state index is -0.335. The maximum absolute atomic E-state index is 13.2. The van der Waals surface area contributed by atoms with E-state index in [1.54, 1.807) is 18.7 Å². The van der Waals surface area contributed by atoms with Gasteiger partial charge in [0.1, 0.15) is 5.69 Å². The Morgan fingerprint density at radius 2 is 1.50 bits per heavy atom. The van der Waals surface area contributed by atoms with E-state index in [1.165, 1.54) is 9.58 Å². The van der Waals surface area contributed by atoms with Gasteiger partial charge in [0.05, 0.1) is 23.2 Å². The average molecular weight is 349 g/mol. The van der Waals surface area contributed by atoms with E-state index in [-0.39, 0.29) is 46.7 Å². The molecular weight excluding hydrogens is 330 g/mol. The molecule has 5 rings (SSSR count). The standard InChI is InChI=1S/C20H19N3O3/c1-11-17(20(26)23(21(11)2)14-6-4-3-5-7-14)22-18(24)15-12-8-9-13(10-12)16(15)19(22)25/h3-9,12-13,15-16H,10H2,1-2H3/t12-,13+,15-,16-/m0/s1. The van der Waals surface area contributed by atoms with Crippen molar-refractivity contribution in [2.24, 2.45) is 30.7 Å². The lowest BCUT2D eigenvalue weighted by molar-refractivity contribution is -0.123. The smallest absolute Gasteiger partial charge is 0.283 e. The summed E-state index contributed by atoms with van der Waals surface area (Å²) in [6, 6.07) is 9.24. The SMILES string of the molecule is Cc1c(N2C(=O)[C@@H]3[C@@H](C2=O)[C@H]2C=C[C@@H]3C2)c(=O)n(-c2ccccc2)n1C. The molecule has 1 saturated heterocycles. The number of hydrogen-bond donors (Lipinski definition) is 0. The zero-order chi connectivity index (χ0) is 18.2. The first kappa shape index (κ1) is 15.4. The summed E-state index contributed by atoms with van der Waals surface area (Å²) in [5.74, 6) is -0.785. The van der Waals surface area contributed by atoms with Crippen LogP contribution in [0.15, 0.2) is 47.3 Å². The molecule has 1 aromatic heterocycles. The fourth-order valence-corrected chi connectivity index (χ4v) is 4.93. The highest BCUT2D eigenvalue weighted by molar-refractivity contribution is 6.23. The third-order valence-electron chi connectivity index (χ3n) is 6.22. The molecule has 1 saturated carbocycles. The van der Waals surface area contributed by atoms with Crippen LogP contribution < -0.4 is 10.5 Å². The van der Waals surface area contributed by atoms with Crippen LogP contribution in [0.4, 0.5) is 5.69 Å². The number of imide groups is 1. The van der Waals surface area contributed by atoms with Gasteiger partial charge in [-0.3, -0.25) is 19.1 Å². The zero-order valence-electron chi connectivity index (χ0n) is 14.6. The van der Waals surface area contributed by atoms with E-state index < -0.39 is 0 Å². The van der Waals surface area contributed by atoms with Gasteiger partial charge < -0.3 is 0 Å². The fourth-order valence-electron chi connectivity index (χ4n) is 4.93. The van der Waals surface area contributed by atoms with Crippen LogP contribution in [0, 0.1) is 30.6 Å². The number of hydrogen-bond acceptors (Lipinski definition) is 3. The van der Waals surface area contributed by atoms with Crippen molar-refractivity contribution < 1.29 is 9.59 Å². The van der Waals surface area contributed by atoms with Crippen molar-refractivity contribution >= 4 is 17.5 Å². The first-order valence-electron chi connectivity index (χ1n) is 8.91. The second-order valence-corrected chi connectivity index (χ2v) is 7.42. The van der Waals surface area contributed by atoms with Crippen molar-refractivity contribution in [2.75, 3.05) is 4.90 Å². The van der Waals surface area contributed by atoms with E-state index in [9.17, 15) is 14.4 Å². The van der Waals surface area contributed by atoms with Gasteiger partial charge in [-0.25, -0.2) is 9.58 Å². The van der Waals surface area contributed by atoms with Gasteiger partial charge in [-0.2, -0.15) is 0 Å². The maximum Gasteiger partial charge on any atom is 0.296 e. The lowest BCUT2D eigenvalue weighted by Crippen LogP contribution is -2.36. The van der Waals surface area contributed by atoms with Crippen molar-refractivity contribution in [3.8, 4) is 5.69 Å². The monoisotopic (exact) mass is 349 g/mol. The first-order chi connectivity index (χ1) is 12.5.